The summed E-state index contributed by atoms with van der Waals surface area (Å²) in [5, 5.41) is 0. The van der Waals surface area contributed by atoms with Crippen LogP contribution in [-0.4, -0.2) is 67.6 Å². The number of nitrogens with zero attached hydrogens (tertiary/aromatic N) is 2. The normalized spacial score (nSPS) is 23.4. The first kappa shape index (κ1) is 17.2. The van der Waals surface area contributed by atoms with Crippen LogP contribution in [0.5, 0.6) is 5.75 Å². The molecule has 132 valence electrons. The first-order valence-electron chi connectivity index (χ1n) is 8.01. The van der Waals surface area contributed by atoms with E-state index in [9.17, 15) is 13.2 Å². The number of amides is 1. The summed E-state index contributed by atoms with van der Waals surface area (Å²) in [4.78, 5) is 17.6. The van der Waals surface area contributed by atoms with Gasteiger partial charge in [0.25, 0.3) is 0 Å². The quantitative estimate of drug-likeness (QED) is 0.789. The second-order valence-corrected chi connectivity index (χ2v) is 8.72. The minimum Gasteiger partial charge on any atom is -0.486 e. The molecule has 0 radical (unpaired) electrons. The third kappa shape index (κ3) is 4.24. The van der Waals surface area contributed by atoms with Crippen LogP contribution in [0, 0.1) is 0 Å². The van der Waals surface area contributed by atoms with Crippen LogP contribution in [0.3, 0.4) is 0 Å². The summed E-state index contributed by atoms with van der Waals surface area (Å²) in [7, 11) is -3.29. The Bertz CT molecular complexity index is 684. The highest BCUT2D eigenvalue weighted by molar-refractivity contribution is 7.91. The Kier molecular flexibility index (Phi) is 4.78. The average Bonchev–Trinajstić information content (AvgIpc) is 2.90. The van der Waals surface area contributed by atoms with E-state index in [1.54, 1.807) is 17.3 Å². The van der Waals surface area contributed by atoms with Crippen LogP contribution in [0.15, 0.2) is 24.5 Å². The zero-order valence-corrected chi connectivity index (χ0v) is 14.5. The Morgan fingerprint density at radius 3 is 2.83 bits per heavy atom. The molecule has 8 heteroatoms. The molecule has 1 spiro atoms. The van der Waals surface area contributed by atoms with Crippen molar-refractivity contribution < 1.29 is 22.7 Å². The summed E-state index contributed by atoms with van der Waals surface area (Å²) in [5.74, 6) is -0.0226. The topological polar surface area (TPSA) is 85.8 Å². The highest BCUT2D eigenvalue weighted by Crippen LogP contribution is 2.37. The van der Waals surface area contributed by atoms with Gasteiger partial charge in [-0.2, -0.15) is 0 Å². The summed E-state index contributed by atoms with van der Waals surface area (Å²) in [6.45, 7) is 1.56. The number of aromatic nitrogens is 1. The van der Waals surface area contributed by atoms with E-state index in [-0.39, 0.29) is 17.6 Å². The predicted octanol–water partition coefficient (Wildman–Crippen LogP) is 0.655. The first-order valence-corrected chi connectivity index (χ1v) is 10.1. The number of sulfone groups is 1. The van der Waals surface area contributed by atoms with E-state index in [1.807, 2.05) is 12.1 Å². The third-order valence-electron chi connectivity index (χ3n) is 4.53. The zero-order valence-electron chi connectivity index (χ0n) is 13.7. The van der Waals surface area contributed by atoms with Crippen LogP contribution in [0.25, 0.3) is 0 Å². The number of piperidine rings is 1. The van der Waals surface area contributed by atoms with E-state index in [1.165, 1.54) is 0 Å². The van der Waals surface area contributed by atoms with E-state index >= 15 is 0 Å². The molecule has 3 heterocycles. The number of carbonyl (C=O) groups excluding carboxylic acids is 1. The maximum absolute atomic E-state index is 12.0. The smallest absolute Gasteiger partial charge is 0.237 e. The van der Waals surface area contributed by atoms with Crippen molar-refractivity contribution >= 4 is 15.7 Å². The third-order valence-corrected chi connectivity index (χ3v) is 5.30. The van der Waals surface area contributed by atoms with Gasteiger partial charge < -0.3 is 14.4 Å². The molecule has 1 aromatic rings. The Morgan fingerprint density at radius 2 is 2.21 bits per heavy atom. The first-order chi connectivity index (χ1) is 11.4. The van der Waals surface area contributed by atoms with Crippen LogP contribution >= 0.6 is 0 Å². The molecule has 0 N–H and O–H groups in total. The highest BCUT2D eigenvalue weighted by atomic mass is 32.2. The second-order valence-electron chi connectivity index (χ2n) is 6.58. The molecule has 2 aliphatic rings. The summed E-state index contributed by atoms with van der Waals surface area (Å²) < 4.78 is 34.4. The fourth-order valence-corrected chi connectivity index (χ4v) is 3.95. The number of carbonyl (C=O) groups is 1. The summed E-state index contributed by atoms with van der Waals surface area (Å²) in [5.41, 5.74) is -0.269. The lowest BCUT2D eigenvalue weighted by Gasteiger charge is -2.38. The largest absolute Gasteiger partial charge is 0.486 e. The van der Waals surface area contributed by atoms with Gasteiger partial charge in [0.2, 0.25) is 5.91 Å². The van der Waals surface area contributed by atoms with Crippen LogP contribution in [0.2, 0.25) is 0 Å². The van der Waals surface area contributed by atoms with Crippen molar-refractivity contribution in [3.63, 3.8) is 0 Å². The average molecular weight is 354 g/mol. The number of likely N-dealkylation sites (tertiary alicyclic amines) is 1. The minimum absolute atomic E-state index is 0.0209. The number of ether oxygens (including phenoxy) is 2. The molecule has 0 saturated carbocycles. The molecular weight excluding hydrogens is 332 g/mol. The number of hydrogen-bond acceptors (Lipinski definition) is 6. The van der Waals surface area contributed by atoms with Crippen molar-refractivity contribution in [1.29, 1.82) is 0 Å². The van der Waals surface area contributed by atoms with Gasteiger partial charge in [-0.05, 0) is 25.0 Å². The summed E-state index contributed by atoms with van der Waals surface area (Å²) >= 11 is 0. The van der Waals surface area contributed by atoms with Crippen molar-refractivity contribution in [3.8, 4) is 5.75 Å². The molecule has 1 atom stereocenters. The lowest BCUT2D eigenvalue weighted by Crippen LogP contribution is -2.48. The van der Waals surface area contributed by atoms with Crippen LogP contribution in [0.4, 0.5) is 0 Å². The predicted molar refractivity (Wildman–Crippen MR) is 87.5 cm³/mol. The Labute approximate surface area is 141 Å². The standard InChI is InChI=1S/C16H22N2O5S/c1-24(20,21)12-15(19)18-7-4-16(5-8-18)9-14(11-22-16)23-13-3-2-6-17-10-13/h2-3,6,10,14H,4-5,7-9,11-12H2,1H3/t14-/m0/s1. The van der Waals surface area contributed by atoms with Crippen LogP contribution in [0.1, 0.15) is 19.3 Å². The molecule has 2 fully saturated rings. The van der Waals surface area contributed by atoms with Gasteiger partial charge >= 0.3 is 0 Å². The molecule has 2 saturated heterocycles. The van der Waals surface area contributed by atoms with Gasteiger partial charge in [0.1, 0.15) is 17.6 Å². The van der Waals surface area contributed by atoms with Gasteiger partial charge in [0, 0.05) is 32.0 Å². The molecule has 0 aliphatic carbocycles. The maximum Gasteiger partial charge on any atom is 0.237 e. The Morgan fingerprint density at radius 1 is 1.46 bits per heavy atom. The number of pyridine rings is 1. The minimum atomic E-state index is -3.29. The summed E-state index contributed by atoms with van der Waals surface area (Å²) in [6.07, 6.45) is 6.62. The fourth-order valence-electron chi connectivity index (χ4n) is 3.32. The highest BCUT2D eigenvalue weighted by Gasteiger charge is 2.44. The van der Waals surface area contributed by atoms with E-state index in [0.29, 0.717) is 32.5 Å². The Balaban J connectivity index is 1.52. The molecule has 2 aliphatic heterocycles. The van der Waals surface area contributed by atoms with Gasteiger partial charge in [-0.25, -0.2) is 8.42 Å². The van der Waals surface area contributed by atoms with Gasteiger partial charge in [-0.15, -0.1) is 0 Å². The van der Waals surface area contributed by atoms with E-state index < -0.39 is 15.6 Å². The molecule has 7 nitrogen and oxygen atoms in total. The molecule has 0 aromatic carbocycles. The summed E-state index contributed by atoms with van der Waals surface area (Å²) in [6, 6.07) is 3.69. The van der Waals surface area contributed by atoms with E-state index in [0.717, 1.165) is 18.4 Å². The van der Waals surface area contributed by atoms with Gasteiger partial charge in [-0.1, -0.05) is 0 Å². The van der Waals surface area contributed by atoms with Crippen LogP contribution in [-0.2, 0) is 19.4 Å². The molecular formula is C16H22N2O5S. The molecule has 1 aromatic heterocycles. The maximum atomic E-state index is 12.0. The zero-order chi connectivity index (χ0) is 17.2. The molecule has 0 bridgehead atoms. The van der Waals surface area contributed by atoms with Gasteiger partial charge in [0.15, 0.2) is 9.84 Å². The van der Waals surface area contributed by atoms with Crippen molar-refractivity contribution in [2.24, 2.45) is 0 Å². The SMILES string of the molecule is CS(=O)(=O)CC(=O)N1CCC2(CC1)C[C@H](Oc1cccnc1)CO2. The monoisotopic (exact) mass is 354 g/mol. The fraction of sp³-hybridized carbons (Fsp3) is 0.625. The molecule has 3 rings (SSSR count). The van der Waals surface area contributed by atoms with E-state index in [4.69, 9.17) is 9.47 Å². The Hall–Kier alpha value is -1.67. The van der Waals surface area contributed by atoms with Crippen molar-refractivity contribution in [2.45, 2.75) is 31.0 Å². The molecule has 24 heavy (non-hydrogen) atoms. The van der Waals surface area contributed by atoms with Gasteiger partial charge in [-0.3, -0.25) is 9.78 Å². The van der Waals surface area contributed by atoms with E-state index in [2.05, 4.69) is 4.98 Å². The van der Waals surface area contributed by atoms with Gasteiger partial charge in [0.05, 0.1) is 18.4 Å². The lowest BCUT2D eigenvalue weighted by atomic mass is 9.88. The van der Waals surface area contributed by atoms with Crippen molar-refractivity contribution in [2.75, 3.05) is 31.7 Å². The number of rotatable bonds is 4. The molecule has 1 amide bonds. The van der Waals surface area contributed by atoms with Crippen LogP contribution < -0.4 is 4.74 Å². The van der Waals surface area contributed by atoms with Crippen molar-refractivity contribution in [3.05, 3.63) is 24.5 Å². The molecule has 0 unspecified atom stereocenters. The lowest BCUT2D eigenvalue weighted by molar-refractivity contribution is -0.133. The van der Waals surface area contributed by atoms with Crippen molar-refractivity contribution in [1.82, 2.24) is 9.88 Å². The second kappa shape index (κ2) is 6.68. The number of hydrogen-bond donors (Lipinski definition) is 0.